The summed E-state index contributed by atoms with van der Waals surface area (Å²) < 4.78 is 6.06. The SMILES string of the molecule is O=C1CCC(N2C(=O)c3cccc(OCc4ccc(CN5CCc6ccccc6C5)cc4)c3C2O)C(=O)N1. The lowest BCUT2D eigenvalue weighted by Gasteiger charge is -2.32. The Kier molecular flexibility index (Phi) is 6.43. The van der Waals surface area contributed by atoms with Gasteiger partial charge in [0.1, 0.15) is 18.4 Å². The molecular weight excluding hydrogens is 482 g/mol. The lowest BCUT2D eigenvalue weighted by Crippen LogP contribution is -2.53. The summed E-state index contributed by atoms with van der Waals surface area (Å²) in [5.74, 6) is -0.995. The Morgan fingerprint density at radius 1 is 0.895 bits per heavy atom. The molecular formula is C30H29N3O5. The van der Waals surface area contributed by atoms with Crippen molar-refractivity contribution < 1.29 is 24.2 Å². The van der Waals surface area contributed by atoms with Gasteiger partial charge in [-0.15, -0.1) is 0 Å². The molecule has 0 bridgehead atoms. The highest BCUT2D eigenvalue weighted by Gasteiger charge is 2.45. The first-order chi connectivity index (χ1) is 18.5. The average Bonchev–Trinajstić information content (AvgIpc) is 3.18. The summed E-state index contributed by atoms with van der Waals surface area (Å²) in [5, 5.41) is 13.3. The van der Waals surface area contributed by atoms with E-state index in [1.165, 1.54) is 16.7 Å². The Morgan fingerprint density at radius 2 is 1.66 bits per heavy atom. The zero-order valence-electron chi connectivity index (χ0n) is 20.9. The van der Waals surface area contributed by atoms with Crippen LogP contribution in [0.1, 0.15) is 57.2 Å². The van der Waals surface area contributed by atoms with Crippen LogP contribution in [0.2, 0.25) is 0 Å². The molecule has 0 aromatic heterocycles. The van der Waals surface area contributed by atoms with Gasteiger partial charge >= 0.3 is 0 Å². The van der Waals surface area contributed by atoms with Crippen LogP contribution in [0.15, 0.2) is 66.7 Å². The number of nitrogens with one attached hydrogen (secondary N) is 1. The molecule has 0 saturated carbocycles. The summed E-state index contributed by atoms with van der Waals surface area (Å²) in [6, 6.07) is 21.0. The molecule has 8 heteroatoms. The fourth-order valence-corrected chi connectivity index (χ4v) is 5.62. The topological polar surface area (TPSA) is 99.2 Å². The molecule has 1 fully saturated rings. The van der Waals surface area contributed by atoms with Gasteiger partial charge in [-0.2, -0.15) is 0 Å². The van der Waals surface area contributed by atoms with Gasteiger partial charge in [-0.3, -0.25) is 29.5 Å². The smallest absolute Gasteiger partial charge is 0.257 e. The number of amides is 3. The summed E-state index contributed by atoms with van der Waals surface area (Å²) >= 11 is 0. The van der Waals surface area contributed by atoms with Gasteiger partial charge in [0.15, 0.2) is 6.23 Å². The quantitative estimate of drug-likeness (QED) is 0.494. The number of aliphatic hydroxyl groups excluding tert-OH is 1. The molecule has 3 aromatic rings. The minimum Gasteiger partial charge on any atom is -0.488 e. The summed E-state index contributed by atoms with van der Waals surface area (Å²) in [5.41, 5.74) is 5.69. The molecule has 194 valence electrons. The lowest BCUT2D eigenvalue weighted by molar-refractivity contribution is -0.139. The maximum Gasteiger partial charge on any atom is 0.257 e. The van der Waals surface area contributed by atoms with Crippen LogP contribution in [0.3, 0.4) is 0 Å². The van der Waals surface area contributed by atoms with E-state index in [2.05, 4.69) is 46.6 Å². The van der Waals surface area contributed by atoms with E-state index in [0.717, 1.165) is 36.5 Å². The van der Waals surface area contributed by atoms with E-state index >= 15 is 0 Å². The molecule has 2 N–H and O–H groups in total. The highest BCUT2D eigenvalue weighted by Crippen LogP contribution is 2.40. The van der Waals surface area contributed by atoms with Crippen molar-refractivity contribution in [3.63, 3.8) is 0 Å². The zero-order valence-corrected chi connectivity index (χ0v) is 20.9. The second-order valence-electron chi connectivity index (χ2n) is 10.1. The highest BCUT2D eigenvalue weighted by molar-refractivity contribution is 6.06. The predicted molar refractivity (Wildman–Crippen MR) is 139 cm³/mol. The number of carbonyl (C=O) groups excluding carboxylic acids is 3. The van der Waals surface area contributed by atoms with Crippen LogP contribution in [0.25, 0.3) is 0 Å². The monoisotopic (exact) mass is 511 g/mol. The fourth-order valence-electron chi connectivity index (χ4n) is 5.62. The van der Waals surface area contributed by atoms with Crippen LogP contribution in [-0.2, 0) is 35.7 Å². The number of nitrogens with zero attached hydrogens (tertiary/aromatic N) is 2. The van der Waals surface area contributed by atoms with Gasteiger partial charge in [-0.25, -0.2) is 0 Å². The molecule has 3 aromatic carbocycles. The summed E-state index contributed by atoms with van der Waals surface area (Å²) in [6.07, 6.45) is 0.0372. The molecule has 2 unspecified atom stereocenters. The number of rotatable bonds is 6. The normalized spacial score (nSPS) is 21.2. The van der Waals surface area contributed by atoms with Crippen molar-refractivity contribution in [3.8, 4) is 5.75 Å². The second-order valence-corrected chi connectivity index (χ2v) is 10.1. The highest BCUT2D eigenvalue weighted by atomic mass is 16.5. The number of benzene rings is 3. The Labute approximate surface area is 220 Å². The van der Waals surface area contributed by atoms with Crippen LogP contribution in [0.4, 0.5) is 0 Å². The molecule has 6 rings (SSSR count). The van der Waals surface area contributed by atoms with Crippen LogP contribution in [-0.4, -0.2) is 45.2 Å². The van der Waals surface area contributed by atoms with E-state index in [-0.39, 0.29) is 25.4 Å². The van der Waals surface area contributed by atoms with E-state index in [0.29, 0.717) is 16.9 Å². The van der Waals surface area contributed by atoms with Crippen LogP contribution >= 0.6 is 0 Å². The Balaban J connectivity index is 1.11. The van der Waals surface area contributed by atoms with E-state index in [1.807, 2.05) is 12.1 Å². The Bertz CT molecular complexity index is 1400. The summed E-state index contributed by atoms with van der Waals surface area (Å²) in [6.45, 7) is 3.15. The van der Waals surface area contributed by atoms with Crippen LogP contribution in [0, 0.1) is 0 Å². The number of hydrogen-bond donors (Lipinski definition) is 2. The number of hydrogen-bond acceptors (Lipinski definition) is 6. The molecule has 1 saturated heterocycles. The summed E-state index contributed by atoms with van der Waals surface area (Å²) in [7, 11) is 0. The van der Waals surface area contributed by atoms with Crippen molar-refractivity contribution in [3.05, 3.63) is 100 Å². The molecule has 3 amide bonds. The van der Waals surface area contributed by atoms with Crippen molar-refractivity contribution >= 4 is 17.7 Å². The standard InChI is InChI=1S/C30H29N3O5/c34-26-13-12-24(28(35)31-26)33-29(36)23-6-3-7-25(27(23)30(33)37)38-18-20-10-8-19(9-11-20)16-32-15-14-21-4-1-2-5-22(21)17-32/h1-11,24,30,37H,12-18H2,(H,31,34,35). The van der Waals surface area contributed by atoms with Gasteiger partial charge < -0.3 is 9.84 Å². The molecule has 3 heterocycles. The van der Waals surface area contributed by atoms with E-state index in [9.17, 15) is 19.5 Å². The van der Waals surface area contributed by atoms with Crippen molar-refractivity contribution in [2.75, 3.05) is 6.54 Å². The number of fused-ring (bicyclic) bond motifs is 2. The minimum absolute atomic E-state index is 0.119. The maximum absolute atomic E-state index is 13.1. The molecule has 0 spiro atoms. The predicted octanol–water partition coefficient (Wildman–Crippen LogP) is 3.08. The van der Waals surface area contributed by atoms with Gasteiger partial charge in [0.05, 0.1) is 11.1 Å². The largest absolute Gasteiger partial charge is 0.488 e. The number of carbonyl (C=O) groups is 3. The molecule has 2 atom stereocenters. The fraction of sp³-hybridized carbons (Fsp3) is 0.300. The second kappa shape index (κ2) is 10.0. The maximum atomic E-state index is 13.1. The van der Waals surface area contributed by atoms with Gasteiger partial charge in [0.25, 0.3) is 5.91 Å². The average molecular weight is 512 g/mol. The molecule has 0 radical (unpaired) electrons. The lowest BCUT2D eigenvalue weighted by atomic mass is 9.99. The molecule has 3 aliphatic rings. The molecule has 8 nitrogen and oxygen atoms in total. The number of imide groups is 1. The molecule has 38 heavy (non-hydrogen) atoms. The van der Waals surface area contributed by atoms with E-state index < -0.39 is 24.1 Å². The van der Waals surface area contributed by atoms with Gasteiger partial charge in [-0.1, -0.05) is 54.6 Å². The van der Waals surface area contributed by atoms with Crippen molar-refractivity contribution in [1.29, 1.82) is 0 Å². The molecule has 3 aliphatic heterocycles. The number of piperidine rings is 1. The van der Waals surface area contributed by atoms with E-state index in [1.54, 1.807) is 18.2 Å². The number of aliphatic hydroxyl groups is 1. The summed E-state index contributed by atoms with van der Waals surface area (Å²) in [4.78, 5) is 40.6. The minimum atomic E-state index is -1.32. The first kappa shape index (κ1) is 24.3. The third-order valence-electron chi connectivity index (χ3n) is 7.63. The molecule has 0 aliphatic carbocycles. The first-order valence-corrected chi connectivity index (χ1v) is 12.9. The van der Waals surface area contributed by atoms with Crippen molar-refractivity contribution in [1.82, 2.24) is 15.1 Å². The third-order valence-corrected chi connectivity index (χ3v) is 7.63. The van der Waals surface area contributed by atoms with Crippen molar-refractivity contribution in [2.24, 2.45) is 0 Å². The zero-order chi connectivity index (χ0) is 26.2. The van der Waals surface area contributed by atoms with E-state index in [4.69, 9.17) is 4.74 Å². The first-order valence-electron chi connectivity index (χ1n) is 12.9. The van der Waals surface area contributed by atoms with Crippen molar-refractivity contribution in [2.45, 2.75) is 51.2 Å². The van der Waals surface area contributed by atoms with Gasteiger partial charge in [0.2, 0.25) is 11.8 Å². The Hall–Kier alpha value is -4.01. The van der Waals surface area contributed by atoms with Gasteiger partial charge in [0, 0.05) is 26.1 Å². The van der Waals surface area contributed by atoms with Gasteiger partial charge in [-0.05, 0) is 47.2 Å². The van der Waals surface area contributed by atoms with Crippen LogP contribution in [0.5, 0.6) is 5.75 Å². The number of ether oxygens (including phenoxy) is 1. The van der Waals surface area contributed by atoms with Crippen LogP contribution < -0.4 is 10.1 Å². The Morgan fingerprint density at radius 3 is 2.45 bits per heavy atom. The third kappa shape index (κ3) is 4.57.